The van der Waals surface area contributed by atoms with Crippen molar-refractivity contribution in [3.05, 3.63) is 74.2 Å². The molecule has 0 saturated heterocycles. The summed E-state index contributed by atoms with van der Waals surface area (Å²) >= 11 is 17.0. The molecule has 0 fully saturated rings. The first-order valence-electron chi connectivity index (χ1n) is 8.60. The highest BCUT2D eigenvalue weighted by Crippen LogP contribution is 2.33. The van der Waals surface area contributed by atoms with Gasteiger partial charge in [0.2, 0.25) is 0 Å². The number of halogens is 3. The van der Waals surface area contributed by atoms with Crippen LogP contribution in [-0.4, -0.2) is 18.0 Å². The number of benzene rings is 2. The van der Waals surface area contributed by atoms with Gasteiger partial charge in [0.05, 0.1) is 22.3 Å². The van der Waals surface area contributed by atoms with Crippen LogP contribution in [0.15, 0.2) is 62.8 Å². The lowest BCUT2D eigenvalue weighted by Gasteiger charge is -2.04. The van der Waals surface area contributed by atoms with E-state index in [0.29, 0.717) is 26.5 Å². The Morgan fingerprint density at radius 2 is 2.00 bits per heavy atom. The zero-order valence-corrected chi connectivity index (χ0v) is 19.3. The zero-order chi connectivity index (χ0) is 21.3. The number of furan rings is 1. The summed E-state index contributed by atoms with van der Waals surface area (Å²) in [5.74, 6) is 0.924. The summed E-state index contributed by atoms with van der Waals surface area (Å²) < 4.78 is 11.7. The predicted molar refractivity (Wildman–Crippen MR) is 124 cm³/mol. The molecule has 0 unspecified atom stereocenters. The lowest BCUT2D eigenvalue weighted by molar-refractivity contribution is 0.0997. The van der Waals surface area contributed by atoms with Crippen LogP contribution in [0.3, 0.4) is 0 Å². The molecule has 2 heterocycles. The Morgan fingerprint density at radius 1 is 1.17 bits per heavy atom. The van der Waals surface area contributed by atoms with Gasteiger partial charge in [-0.1, -0.05) is 23.2 Å². The van der Waals surface area contributed by atoms with Crippen LogP contribution in [0.4, 0.5) is 5.13 Å². The van der Waals surface area contributed by atoms with Crippen LogP contribution in [0.1, 0.15) is 10.6 Å². The van der Waals surface area contributed by atoms with Gasteiger partial charge in [-0.05, 0) is 64.5 Å². The number of carbonyl (C=O) groups excluding carboxylic acids is 1. The quantitative estimate of drug-likeness (QED) is 0.296. The monoisotopic (exact) mass is 522 g/mol. The SMILES string of the molecule is COc1ccc(-c2csc(NC(=O)c3ccc(-c4cc(Cl)ccc4Cl)o3)n2)cc1Br. The molecular formula is C21H13BrCl2N2O3S. The van der Waals surface area contributed by atoms with Gasteiger partial charge in [0, 0.05) is 21.5 Å². The third-order valence-electron chi connectivity index (χ3n) is 4.20. The van der Waals surface area contributed by atoms with Crippen molar-refractivity contribution in [3.8, 4) is 28.3 Å². The fourth-order valence-electron chi connectivity index (χ4n) is 2.74. The molecule has 152 valence electrons. The molecule has 9 heteroatoms. The number of ether oxygens (including phenoxy) is 1. The average Bonchev–Trinajstić information content (AvgIpc) is 3.39. The Kier molecular flexibility index (Phi) is 6.15. The van der Waals surface area contributed by atoms with E-state index in [4.69, 9.17) is 32.4 Å². The van der Waals surface area contributed by atoms with E-state index < -0.39 is 5.91 Å². The van der Waals surface area contributed by atoms with Crippen molar-refractivity contribution in [2.45, 2.75) is 0 Å². The third-order valence-corrected chi connectivity index (χ3v) is 6.14. The van der Waals surface area contributed by atoms with E-state index in [1.807, 2.05) is 23.6 Å². The Morgan fingerprint density at radius 3 is 2.77 bits per heavy atom. The highest BCUT2D eigenvalue weighted by Gasteiger charge is 2.16. The number of nitrogens with one attached hydrogen (secondary N) is 1. The van der Waals surface area contributed by atoms with Gasteiger partial charge in [-0.25, -0.2) is 4.98 Å². The van der Waals surface area contributed by atoms with Crippen LogP contribution in [0.5, 0.6) is 5.75 Å². The first kappa shape index (κ1) is 20.9. The Bertz CT molecular complexity index is 1240. The first-order chi connectivity index (χ1) is 14.4. The van der Waals surface area contributed by atoms with Gasteiger partial charge in [0.15, 0.2) is 10.9 Å². The summed E-state index contributed by atoms with van der Waals surface area (Å²) in [5.41, 5.74) is 2.25. The number of thiazole rings is 1. The van der Waals surface area contributed by atoms with E-state index in [1.54, 1.807) is 37.4 Å². The number of amides is 1. The molecule has 0 aliphatic carbocycles. The van der Waals surface area contributed by atoms with Gasteiger partial charge in [-0.3, -0.25) is 10.1 Å². The molecule has 1 N–H and O–H groups in total. The second kappa shape index (κ2) is 8.81. The minimum Gasteiger partial charge on any atom is -0.496 e. The summed E-state index contributed by atoms with van der Waals surface area (Å²) in [6, 6.07) is 14.0. The van der Waals surface area contributed by atoms with Crippen molar-refractivity contribution >= 4 is 61.5 Å². The molecule has 2 aromatic carbocycles. The lowest BCUT2D eigenvalue weighted by Crippen LogP contribution is -2.10. The number of nitrogens with zero attached hydrogens (tertiary/aromatic N) is 1. The van der Waals surface area contributed by atoms with E-state index in [-0.39, 0.29) is 5.76 Å². The van der Waals surface area contributed by atoms with Gasteiger partial charge in [-0.15, -0.1) is 11.3 Å². The Balaban J connectivity index is 1.51. The van der Waals surface area contributed by atoms with Gasteiger partial charge < -0.3 is 9.15 Å². The van der Waals surface area contributed by atoms with E-state index in [9.17, 15) is 4.79 Å². The molecule has 1 amide bonds. The van der Waals surface area contributed by atoms with Crippen LogP contribution in [0, 0.1) is 0 Å². The highest BCUT2D eigenvalue weighted by atomic mass is 79.9. The Hall–Kier alpha value is -2.32. The molecule has 4 rings (SSSR count). The molecular weight excluding hydrogens is 511 g/mol. The van der Waals surface area contributed by atoms with Crippen molar-refractivity contribution in [3.63, 3.8) is 0 Å². The van der Waals surface area contributed by atoms with E-state index in [2.05, 4.69) is 26.2 Å². The Labute approximate surface area is 194 Å². The van der Waals surface area contributed by atoms with Crippen molar-refractivity contribution in [1.29, 1.82) is 0 Å². The summed E-state index contributed by atoms with van der Waals surface area (Å²) in [6.45, 7) is 0. The zero-order valence-electron chi connectivity index (χ0n) is 15.4. The van der Waals surface area contributed by atoms with Crippen molar-refractivity contribution in [1.82, 2.24) is 4.98 Å². The fraction of sp³-hybridized carbons (Fsp3) is 0.0476. The summed E-state index contributed by atoms with van der Waals surface area (Å²) in [4.78, 5) is 17.1. The average molecular weight is 524 g/mol. The van der Waals surface area contributed by atoms with Crippen LogP contribution in [0.25, 0.3) is 22.6 Å². The summed E-state index contributed by atoms with van der Waals surface area (Å²) in [6.07, 6.45) is 0. The summed E-state index contributed by atoms with van der Waals surface area (Å²) in [7, 11) is 1.61. The number of carbonyl (C=O) groups is 1. The van der Waals surface area contributed by atoms with Crippen molar-refractivity contribution < 1.29 is 13.9 Å². The lowest BCUT2D eigenvalue weighted by atomic mass is 10.2. The highest BCUT2D eigenvalue weighted by molar-refractivity contribution is 9.10. The molecule has 0 saturated carbocycles. The maximum Gasteiger partial charge on any atom is 0.293 e. The van der Waals surface area contributed by atoms with E-state index in [1.165, 1.54) is 11.3 Å². The first-order valence-corrected chi connectivity index (χ1v) is 11.0. The van der Waals surface area contributed by atoms with Gasteiger partial charge in [0.25, 0.3) is 5.91 Å². The van der Waals surface area contributed by atoms with Gasteiger partial charge in [-0.2, -0.15) is 0 Å². The number of methoxy groups -OCH3 is 1. The molecule has 4 aromatic rings. The third kappa shape index (κ3) is 4.39. The van der Waals surface area contributed by atoms with Gasteiger partial charge >= 0.3 is 0 Å². The minimum absolute atomic E-state index is 0.144. The molecule has 0 bridgehead atoms. The maximum atomic E-state index is 12.6. The van der Waals surface area contributed by atoms with Crippen LogP contribution in [-0.2, 0) is 0 Å². The van der Waals surface area contributed by atoms with Crippen molar-refractivity contribution in [2.75, 3.05) is 12.4 Å². The smallest absolute Gasteiger partial charge is 0.293 e. The second-order valence-corrected chi connectivity index (χ2v) is 8.69. The second-order valence-electron chi connectivity index (χ2n) is 6.13. The summed E-state index contributed by atoms with van der Waals surface area (Å²) in [5, 5.41) is 6.09. The van der Waals surface area contributed by atoms with Gasteiger partial charge in [0.1, 0.15) is 11.5 Å². The predicted octanol–water partition coefficient (Wildman–Crippen LogP) is 7.40. The van der Waals surface area contributed by atoms with Crippen molar-refractivity contribution in [2.24, 2.45) is 0 Å². The number of hydrogen-bond acceptors (Lipinski definition) is 5. The molecule has 0 atom stereocenters. The number of hydrogen-bond donors (Lipinski definition) is 1. The van der Waals surface area contributed by atoms with Crippen LogP contribution < -0.4 is 10.1 Å². The molecule has 0 aliphatic rings. The number of anilines is 1. The van der Waals surface area contributed by atoms with Crippen LogP contribution in [0.2, 0.25) is 10.0 Å². The standard InChI is InChI=1S/C21H13BrCl2N2O3S/c1-28-18-5-2-11(8-14(18)22)16-10-30-21(25-16)26-20(27)19-7-6-17(29-19)13-9-12(23)3-4-15(13)24/h2-10H,1H3,(H,25,26,27). The molecule has 0 aliphatic heterocycles. The maximum absolute atomic E-state index is 12.6. The molecule has 30 heavy (non-hydrogen) atoms. The molecule has 0 radical (unpaired) electrons. The van der Waals surface area contributed by atoms with Crippen LogP contribution >= 0.6 is 50.5 Å². The minimum atomic E-state index is -0.406. The normalized spacial score (nSPS) is 10.8. The molecule has 2 aromatic heterocycles. The fourth-order valence-corrected chi connectivity index (χ4v) is 4.38. The molecule has 5 nitrogen and oxygen atoms in total. The van der Waals surface area contributed by atoms with E-state index in [0.717, 1.165) is 21.5 Å². The number of aromatic nitrogens is 1. The largest absolute Gasteiger partial charge is 0.496 e. The molecule has 0 spiro atoms. The van der Waals surface area contributed by atoms with E-state index >= 15 is 0 Å². The number of rotatable bonds is 5. The topological polar surface area (TPSA) is 64.4 Å².